The lowest BCUT2D eigenvalue weighted by Crippen LogP contribution is -2.48. The molecule has 0 fully saturated rings. The molecule has 172 valence electrons. The summed E-state index contributed by atoms with van der Waals surface area (Å²) in [6.07, 6.45) is -0.687. The molecule has 2 N–H and O–H groups in total. The third-order valence-corrected chi connectivity index (χ3v) is 4.05. The lowest BCUT2D eigenvalue weighted by Gasteiger charge is -2.30. The van der Waals surface area contributed by atoms with Crippen molar-refractivity contribution in [1.29, 1.82) is 0 Å². The van der Waals surface area contributed by atoms with E-state index in [1.54, 1.807) is 65.0 Å². The summed E-state index contributed by atoms with van der Waals surface area (Å²) in [6.45, 7) is 8.88. The van der Waals surface area contributed by atoms with Gasteiger partial charge in [-0.05, 0) is 40.2 Å². The molecule has 0 bridgehead atoms. The molecular formula is C22H33N3O6. The fourth-order valence-electron chi connectivity index (χ4n) is 2.79. The van der Waals surface area contributed by atoms with Crippen molar-refractivity contribution in [3.05, 3.63) is 35.9 Å². The van der Waals surface area contributed by atoms with Crippen molar-refractivity contribution >= 4 is 23.9 Å². The van der Waals surface area contributed by atoms with Gasteiger partial charge >= 0.3 is 12.1 Å². The van der Waals surface area contributed by atoms with Crippen molar-refractivity contribution in [1.82, 2.24) is 15.5 Å². The second kappa shape index (κ2) is 12.6. The van der Waals surface area contributed by atoms with Gasteiger partial charge in [0.15, 0.2) is 0 Å². The molecule has 0 spiro atoms. The van der Waals surface area contributed by atoms with Crippen molar-refractivity contribution in [2.75, 3.05) is 26.2 Å². The van der Waals surface area contributed by atoms with Crippen molar-refractivity contribution < 1.29 is 28.7 Å². The molecule has 0 aliphatic rings. The van der Waals surface area contributed by atoms with Gasteiger partial charge in [0.1, 0.15) is 18.2 Å². The summed E-state index contributed by atoms with van der Waals surface area (Å²) >= 11 is 0. The number of esters is 1. The van der Waals surface area contributed by atoms with E-state index in [1.807, 2.05) is 0 Å². The SMILES string of the molecule is CCOC(=O)CCNC(=O)C(c1ccccc1)N(CC)C(=O)CNC(=O)OC(C)(C)C. The number of likely N-dealkylation sites (N-methyl/N-ethyl adjacent to an activating group) is 1. The number of carbonyl (C=O) groups excluding carboxylic acids is 4. The van der Waals surface area contributed by atoms with E-state index in [-0.39, 0.29) is 32.7 Å². The number of benzene rings is 1. The minimum Gasteiger partial charge on any atom is -0.466 e. The predicted molar refractivity (Wildman–Crippen MR) is 115 cm³/mol. The second-order valence-corrected chi connectivity index (χ2v) is 7.69. The van der Waals surface area contributed by atoms with Gasteiger partial charge in [0.2, 0.25) is 11.8 Å². The zero-order valence-electron chi connectivity index (χ0n) is 18.9. The Labute approximate surface area is 183 Å². The van der Waals surface area contributed by atoms with Gasteiger partial charge in [-0.1, -0.05) is 30.3 Å². The zero-order valence-corrected chi connectivity index (χ0v) is 18.9. The number of alkyl carbamates (subject to hydrolysis) is 1. The molecule has 0 aromatic heterocycles. The lowest BCUT2D eigenvalue weighted by atomic mass is 10.0. The molecule has 0 saturated carbocycles. The standard InChI is InChI=1S/C22H33N3O6/c1-6-25(17(26)15-24-21(29)31-22(3,4)5)19(16-11-9-8-10-12-16)20(28)23-14-13-18(27)30-7-2/h8-12,19H,6-7,13-15H2,1-5H3,(H,23,28)(H,24,29). The van der Waals surface area contributed by atoms with Crippen molar-refractivity contribution in [2.24, 2.45) is 0 Å². The Morgan fingerprint density at radius 3 is 2.23 bits per heavy atom. The average molecular weight is 436 g/mol. The molecule has 0 aliphatic heterocycles. The molecule has 3 amide bonds. The van der Waals surface area contributed by atoms with Crippen molar-refractivity contribution in [3.63, 3.8) is 0 Å². The molecule has 31 heavy (non-hydrogen) atoms. The Morgan fingerprint density at radius 1 is 1.03 bits per heavy atom. The highest BCUT2D eigenvalue weighted by molar-refractivity contribution is 5.90. The van der Waals surface area contributed by atoms with Crippen LogP contribution in [-0.2, 0) is 23.9 Å². The number of nitrogens with zero attached hydrogens (tertiary/aromatic N) is 1. The van der Waals surface area contributed by atoms with E-state index < -0.39 is 35.5 Å². The van der Waals surface area contributed by atoms with Crippen LogP contribution in [0.3, 0.4) is 0 Å². The van der Waals surface area contributed by atoms with Crippen LogP contribution in [0.1, 0.15) is 52.6 Å². The van der Waals surface area contributed by atoms with Crippen LogP contribution in [0.15, 0.2) is 30.3 Å². The number of rotatable bonds is 10. The van der Waals surface area contributed by atoms with Gasteiger partial charge in [-0.15, -0.1) is 0 Å². The Balaban J connectivity index is 2.89. The van der Waals surface area contributed by atoms with Gasteiger partial charge in [-0.25, -0.2) is 4.79 Å². The van der Waals surface area contributed by atoms with Gasteiger partial charge < -0.3 is 25.0 Å². The topological polar surface area (TPSA) is 114 Å². The number of ether oxygens (including phenoxy) is 2. The maximum atomic E-state index is 12.9. The second-order valence-electron chi connectivity index (χ2n) is 7.69. The van der Waals surface area contributed by atoms with Crippen LogP contribution in [-0.4, -0.2) is 60.6 Å². The van der Waals surface area contributed by atoms with Crippen molar-refractivity contribution in [2.45, 2.75) is 52.7 Å². The number of amides is 3. The largest absolute Gasteiger partial charge is 0.466 e. The molecule has 1 aromatic rings. The van der Waals surface area contributed by atoms with Crippen LogP contribution in [0.2, 0.25) is 0 Å². The third kappa shape index (κ3) is 9.50. The highest BCUT2D eigenvalue weighted by atomic mass is 16.6. The van der Waals surface area contributed by atoms with Crippen LogP contribution in [0.5, 0.6) is 0 Å². The van der Waals surface area contributed by atoms with Gasteiger partial charge in [0, 0.05) is 13.1 Å². The van der Waals surface area contributed by atoms with Gasteiger partial charge in [0.05, 0.1) is 13.0 Å². The van der Waals surface area contributed by atoms with Crippen LogP contribution < -0.4 is 10.6 Å². The first-order valence-electron chi connectivity index (χ1n) is 10.3. The highest BCUT2D eigenvalue weighted by Crippen LogP contribution is 2.21. The minimum atomic E-state index is -0.915. The zero-order chi connectivity index (χ0) is 23.4. The molecule has 1 unspecified atom stereocenters. The summed E-state index contributed by atoms with van der Waals surface area (Å²) in [5.74, 6) is -1.28. The molecular weight excluding hydrogens is 402 g/mol. The average Bonchev–Trinajstić information content (AvgIpc) is 2.69. The third-order valence-electron chi connectivity index (χ3n) is 4.05. The van der Waals surface area contributed by atoms with Gasteiger partial charge in [-0.3, -0.25) is 14.4 Å². The van der Waals surface area contributed by atoms with Crippen LogP contribution >= 0.6 is 0 Å². The molecule has 0 radical (unpaired) electrons. The molecule has 0 heterocycles. The summed E-state index contributed by atoms with van der Waals surface area (Å²) in [5.41, 5.74) is -0.0771. The van der Waals surface area contributed by atoms with Crippen LogP contribution in [0.4, 0.5) is 4.79 Å². The van der Waals surface area contributed by atoms with E-state index >= 15 is 0 Å². The van der Waals surface area contributed by atoms with E-state index in [9.17, 15) is 19.2 Å². The molecule has 1 rings (SSSR count). The number of carbonyl (C=O) groups is 4. The van der Waals surface area contributed by atoms with E-state index in [0.717, 1.165) is 0 Å². The first kappa shape index (κ1) is 25.9. The Hall–Kier alpha value is -3.10. The molecule has 1 atom stereocenters. The lowest BCUT2D eigenvalue weighted by molar-refractivity contribution is -0.143. The monoisotopic (exact) mass is 435 g/mol. The van der Waals surface area contributed by atoms with Crippen LogP contribution in [0, 0.1) is 0 Å². The summed E-state index contributed by atoms with van der Waals surface area (Å²) in [7, 11) is 0. The Kier molecular flexibility index (Phi) is 10.5. The number of hydrogen-bond acceptors (Lipinski definition) is 6. The fourth-order valence-corrected chi connectivity index (χ4v) is 2.79. The summed E-state index contributed by atoms with van der Waals surface area (Å²) in [6, 6.07) is 7.92. The molecule has 0 aliphatic carbocycles. The smallest absolute Gasteiger partial charge is 0.408 e. The molecule has 0 saturated heterocycles. The van der Waals surface area contributed by atoms with E-state index in [2.05, 4.69) is 10.6 Å². The van der Waals surface area contributed by atoms with E-state index in [0.29, 0.717) is 5.56 Å². The highest BCUT2D eigenvalue weighted by Gasteiger charge is 2.30. The Bertz CT molecular complexity index is 745. The molecule has 9 nitrogen and oxygen atoms in total. The fraction of sp³-hybridized carbons (Fsp3) is 0.545. The van der Waals surface area contributed by atoms with E-state index in [1.165, 1.54) is 4.90 Å². The van der Waals surface area contributed by atoms with Crippen molar-refractivity contribution in [3.8, 4) is 0 Å². The normalized spacial score (nSPS) is 11.8. The van der Waals surface area contributed by atoms with Crippen LogP contribution in [0.25, 0.3) is 0 Å². The maximum absolute atomic E-state index is 12.9. The molecule has 1 aromatic carbocycles. The quantitative estimate of drug-likeness (QED) is 0.545. The number of nitrogens with one attached hydrogen (secondary N) is 2. The summed E-state index contributed by atoms with van der Waals surface area (Å²) in [5, 5.41) is 5.12. The first-order valence-corrected chi connectivity index (χ1v) is 10.3. The first-order chi connectivity index (χ1) is 14.6. The van der Waals surface area contributed by atoms with Gasteiger partial charge in [-0.2, -0.15) is 0 Å². The summed E-state index contributed by atoms with van der Waals surface area (Å²) < 4.78 is 10.0. The summed E-state index contributed by atoms with van der Waals surface area (Å²) in [4.78, 5) is 50.5. The predicted octanol–water partition coefficient (Wildman–Crippen LogP) is 2.17. The Morgan fingerprint density at radius 2 is 1.68 bits per heavy atom. The van der Waals surface area contributed by atoms with Gasteiger partial charge in [0.25, 0.3) is 0 Å². The molecule has 9 heteroatoms. The minimum absolute atomic E-state index is 0.0291. The number of hydrogen-bond donors (Lipinski definition) is 2. The maximum Gasteiger partial charge on any atom is 0.408 e. The van der Waals surface area contributed by atoms with E-state index in [4.69, 9.17) is 9.47 Å².